The normalized spacial score (nSPS) is 10.1. The number of fused-ring (bicyclic) bond motifs is 1. The third-order valence-electron chi connectivity index (χ3n) is 3.25. The number of para-hydroxylation sites is 1. The Bertz CT molecular complexity index is 666. The van der Waals surface area contributed by atoms with E-state index in [1.54, 1.807) is 0 Å². The van der Waals surface area contributed by atoms with Gasteiger partial charge in [-0.05, 0) is 24.6 Å². The van der Waals surface area contributed by atoms with E-state index in [9.17, 15) is 0 Å². The Morgan fingerprint density at radius 1 is 1.33 bits per heavy atom. The van der Waals surface area contributed by atoms with Crippen LogP contribution in [0.25, 0.3) is 22.3 Å². The fourth-order valence-corrected chi connectivity index (χ4v) is 2.26. The number of aromatic amines is 1. The average Bonchev–Trinajstić information content (AvgIpc) is 3.11. The lowest BCUT2D eigenvalue weighted by molar-refractivity contribution is -0.106. The summed E-state index contributed by atoms with van der Waals surface area (Å²) in [4.78, 5) is 12.0. The van der Waals surface area contributed by atoms with Gasteiger partial charge in [0.05, 0.1) is 11.4 Å². The summed E-state index contributed by atoms with van der Waals surface area (Å²) in [6, 6.07) is 12.6. The number of nitrogens with two attached hydrogens (primary N) is 1. The molecule has 21 heavy (non-hydrogen) atoms. The number of carbonyl (C=O) groups is 1. The molecule has 0 aliphatic heterocycles. The Kier molecular flexibility index (Phi) is 5.15. The molecule has 0 saturated heterocycles. The van der Waals surface area contributed by atoms with Crippen molar-refractivity contribution in [2.45, 2.75) is 26.3 Å². The Morgan fingerprint density at radius 2 is 2.10 bits per heavy atom. The van der Waals surface area contributed by atoms with Crippen molar-refractivity contribution < 1.29 is 4.79 Å². The van der Waals surface area contributed by atoms with Gasteiger partial charge in [0.15, 0.2) is 0 Å². The number of H-pyrrole nitrogens is 1. The van der Waals surface area contributed by atoms with Crippen molar-refractivity contribution in [3.8, 4) is 11.4 Å². The molecule has 0 aliphatic carbocycles. The number of hydrogen-bond donors (Lipinski definition) is 2. The third-order valence-corrected chi connectivity index (χ3v) is 3.25. The first-order valence-corrected chi connectivity index (χ1v) is 7.05. The van der Waals surface area contributed by atoms with Crippen LogP contribution in [0, 0.1) is 0 Å². The lowest BCUT2D eigenvalue weighted by atomic mass is 10.2. The van der Waals surface area contributed by atoms with Gasteiger partial charge in [-0.25, -0.2) is 0 Å². The molecule has 0 radical (unpaired) electrons. The predicted molar refractivity (Wildman–Crippen MR) is 84.7 cm³/mol. The van der Waals surface area contributed by atoms with Gasteiger partial charge in [-0.15, -0.1) is 0 Å². The quantitative estimate of drug-likeness (QED) is 0.723. The van der Waals surface area contributed by atoms with E-state index in [2.05, 4.69) is 63.8 Å². The number of carbonyl (C=O) groups excluding carboxylic acids is 1. The maximum Gasteiger partial charge on any atom is 0.204 e. The van der Waals surface area contributed by atoms with Gasteiger partial charge in [0, 0.05) is 23.6 Å². The minimum Gasteiger partial charge on any atom is -0.372 e. The number of primary amides is 1. The van der Waals surface area contributed by atoms with Crippen LogP contribution >= 0.6 is 0 Å². The van der Waals surface area contributed by atoms with E-state index in [1.807, 2.05) is 6.20 Å². The van der Waals surface area contributed by atoms with E-state index in [-0.39, 0.29) is 6.41 Å². The Balaban J connectivity index is 0.000000497. The monoisotopic (exact) mass is 284 g/mol. The molecule has 3 N–H and O–H groups in total. The summed E-state index contributed by atoms with van der Waals surface area (Å²) in [7, 11) is 0. The van der Waals surface area contributed by atoms with Crippen LogP contribution in [0.5, 0.6) is 0 Å². The van der Waals surface area contributed by atoms with Crippen LogP contribution in [-0.2, 0) is 11.3 Å². The highest BCUT2D eigenvalue weighted by Gasteiger charge is 2.07. The van der Waals surface area contributed by atoms with Crippen LogP contribution in [0.1, 0.15) is 19.8 Å². The molecule has 5 heteroatoms. The molecule has 3 rings (SSSR count). The van der Waals surface area contributed by atoms with Crippen molar-refractivity contribution in [3.63, 3.8) is 0 Å². The molecule has 2 heterocycles. The molecule has 0 atom stereocenters. The highest BCUT2D eigenvalue weighted by atomic mass is 16.1. The molecule has 0 unspecified atom stereocenters. The van der Waals surface area contributed by atoms with Crippen molar-refractivity contribution >= 4 is 17.3 Å². The highest BCUT2D eigenvalue weighted by molar-refractivity contribution is 5.85. The van der Waals surface area contributed by atoms with Gasteiger partial charge in [-0.1, -0.05) is 31.5 Å². The second-order valence-electron chi connectivity index (χ2n) is 4.70. The minimum atomic E-state index is 0.250. The fourth-order valence-electron chi connectivity index (χ4n) is 2.26. The van der Waals surface area contributed by atoms with Gasteiger partial charge >= 0.3 is 0 Å². The van der Waals surface area contributed by atoms with Crippen LogP contribution in [0.2, 0.25) is 0 Å². The summed E-state index contributed by atoms with van der Waals surface area (Å²) in [6.45, 7) is 3.18. The van der Waals surface area contributed by atoms with Crippen LogP contribution in [0.15, 0.2) is 42.6 Å². The van der Waals surface area contributed by atoms with Crippen LogP contribution in [0.4, 0.5) is 0 Å². The molecule has 5 nitrogen and oxygen atoms in total. The van der Waals surface area contributed by atoms with E-state index < -0.39 is 0 Å². The maximum atomic E-state index is 8.58. The number of nitrogens with zero attached hydrogens (tertiary/aromatic N) is 2. The second-order valence-corrected chi connectivity index (χ2v) is 4.70. The van der Waals surface area contributed by atoms with E-state index in [0.717, 1.165) is 18.7 Å². The topological polar surface area (TPSA) is 76.7 Å². The number of aromatic nitrogens is 3. The lowest BCUT2D eigenvalue weighted by Gasteiger charge is -2.04. The standard InChI is InChI=1S/C15H17N3.CH3NO/c1-2-3-10-18-15(8-9-16-18)14-11-12-6-4-5-7-13(12)17-14;2-1-3/h4-9,11,17H,2-3,10H2,1H3;1H,(H2,2,3). The first kappa shape index (κ1) is 14.8. The van der Waals surface area contributed by atoms with Gasteiger partial charge in [0.1, 0.15) is 0 Å². The third kappa shape index (κ3) is 3.51. The van der Waals surface area contributed by atoms with E-state index in [4.69, 9.17) is 4.79 Å². The molecule has 1 aromatic carbocycles. The second kappa shape index (κ2) is 7.28. The number of benzene rings is 1. The van der Waals surface area contributed by atoms with E-state index in [1.165, 1.54) is 23.0 Å². The average molecular weight is 284 g/mol. The zero-order valence-corrected chi connectivity index (χ0v) is 12.1. The van der Waals surface area contributed by atoms with Crippen LogP contribution in [-0.4, -0.2) is 21.2 Å². The molecule has 0 spiro atoms. The van der Waals surface area contributed by atoms with Gasteiger partial charge in [0.2, 0.25) is 6.41 Å². The van der Waals surface area contributed by atoms with Crippen molar-refractivity contribution in [1.82, 2.24) is 14.8 Å². The molecule has 1 amide bonds. The number of nitrogens with one attached hydrogen (secondary N) is 1. The number of rotatable bonds is 4. The van der Waals surface area contributed by atoms with Gasteiger partial charge in [-0.2, -0.15) is 5.10 Å². The van der Waals surface area contributed by atoms with Crippen molar-refractivity contribution in [2.75, 3.05) is 0 Å². The van der Waals surface area contributed by atoms with Crippen molar-refractivity contribution in [3.05, 3.63) is 42.6 Å². The SMILES string of the molecule is CCCCn1nccc1-c1cc2ccccc2[nH]1.NC=O. The zero-order chi connectivity index (χ0) is 15.1. The van der Waals surface area contributed by atoms with Crippen LogP contribution in [0.3, 0.4) is 0 Å². The predicted octanol–water partition coefficient (Wildman–Crippen LogP) is 2.93. The summed E-state index contributed by atoms with van der Waals surface area (Å²) in [5.41, 5.74) is 7.65. The fraction of sp³-hybridized carbons (Fsp3) is 0.250. The summed E-state index contributed by atoms with van der Waals surface area (Å²) in [5.74, 6) is 0. The lowest BCUT2D eigenvalue weighted by Crippen LogP contribution is -2.01. The highest BCUT2D eigenvalue weighted by Crippen LogP contribution is 2.23. The first-order valence-electron chi connectivity index (χ1n) is 7.05. The zero-order valence-electron chi connectivity index (χ0n) is 12.1. The van der Waals surface area contributed by atoms with Crippen molar-refractivity contribution in [1.29, 1.82) is 0 Å². The van der Waals surface area contributed by atoms with Crippen LogP contribution < -0.4 is 5.73 Å². The molecule has 2 aromatic heterocycles. The Hall–Kier alpha value is -2.56. The van der Waals surface area contributed by atoms with Crippen molar-refractivity contribution in [2.24, 2.45) is 5.73 Å². The van der Waals surface area contributed by atoms with Gasteiger partial charge in [0.25, 0.3) is 0 Å². The largest absolute Gasteiger partial charge is 0.372 e. The van der Waals surface area contributed by atoms with E-state index in [0.29, 0.717) is 0 Å². The summed E-state index contributed by atoms with van der Waals surface area (Å²) < 4.78 is 2.08. The molecule has 3 aromatic rings. The molecule has 0 fully saturated rings. The number of amides is 1. The Labute approximate surface area is 123 Å². The molecule has 110 valence electrons. The summed E-state index contributed by atoms with van der Waals surface area (Å²) in [5, 5.41) is 5.64. The first-order chi connectivity index (χ1) is 10.3. The molecular weight excluding hydrogens is 264 g/mol. The number of unbranched alkanes of at least 4 members (excludes halogenated alkanes) is 1. The van der Waals surface area contributed by atoms with Gasteiger partial charge in [-0.3, -0.25) is 9.48 Å². The Morgan fingerprint density at radius 3 is 2.81 bits per heavy atom. The number of hydrogen-bond acceptors (Lipinski definition) is 2. The summed E-state index contributed by atoms with van der Waals surface area (Å²) in [6.07, 6.45) is 4.47. The summed E-state index contributed by atoms with van der Waals surface area (Å²) >= 11 is 0. The van der Waals surface area contributed by atoms with Gasteiger partial charge < -0.3 is 10.7 Å². The number of aryl methyl sites for hydroxylation is 1. The molecular formula is C16H20N4O. The molecule has 0 saturated carbocycles. The smallest absolute Gasteiger partial charge is 0.204 e. The van der Waals surface area contributed by atoms with E-state index >= 15 is 0 Å². The molecule has 0 aliphatic rings. The maximum absolute atomic E-state index is 8.58. The minimum absolute atomic E-state index is 0.250. The molecule has 0 bridgehead atoms.